The summed E-state index contributed by atoms with van der Waals surface area (Å²) in [6.07, 6.45) is 4.14. The third-order valence-electron chi connectivity index (χ3n) is 5.11. The number of anilines is 1. The molecule has 1 aliphatic rings. The summed E-state index contributed by atoms with van der Waals surface area (Å²) in [5.41, 5.74) is 3.78. The van der Waals surface area contributed by atoms with Crippen LogP contribution in [0.15, 0.2) is 48.5 Å². The van der Waals surface area contributed by atoms with Crippen molar-refractivity contribution in [2.45, 2.75) is 45.6 Å². The lowest BCUT2D eigenvalue weighted by Gasteiger charge is -2.45. The Bertz CT molecular complexity index is 914. The zero-order valence-corrected chi connectivity index (χ0v) is 16.1. The number of rotatable bonds is 3. The number of carbonyl (C=O) groups is 1. The van der Waals surface area contributed by atoms with Crippen LogP contribution in [-0.4, -0.2) is 16.4 Å². The van der Waals surface area contributed by atoms with Crippen LogP contribution in [0.5, 0.6) is 0 Å². The molecule has 1 unspecified atom stereocenters. The average Bonchev–Trinajstić information content (AvgIpc) is 2.59. The first-order valence-electron chi connectivity index (χ1n) is 9.06. The van der Waals surface area contributed by atoms with Gasteiger partial charge in [0.25, 0.3) is 11.6 Å². The molecule has 1 atom stereocenters. The smallest absolute Gasteiger partial charge is 0.269 e. The third-order valence-corrected chi connectivity index (χ3v) is 5.11. The number of aryl methyl sites for hydroxylation is 1. The predicted octanol–water partition coefficient (Wildman–Crippen LogP) is 5.24. The molecule has 27 heavy (non-hydrogen) atoms. The average molecular weight is 364 g/mol. The second-order valence-electron chi connectivity index (χ2n) is 7.84. The van der Waals surface area contributed by atoms with Gasteiger partial charge in [-0.15, -0.1) is 0 Å². The maximum atomic E-state index is 13.1. The van der Waals surface area contributed by atoms with Crippen molar-refractivity contribution in [2.75, 3.05) is 4.90 Å². The first-order chi connectivity index (χ1) is 12.7. The van der Waals surface area contributed by atoms with Crippen molar-refractivity contribution in [3.05, 3.63) is 75.3 Å². The number of non-ortho nitro benzene ring substituents is 1. The van der Waals surface area contributed by atoms with Crippen molar-refractivity contribution in [2.24, 2.45) is 0 Å². The lowest BCUT2D eigenvalue weighted by Crippen LogP contribution is -2.51. The Morgan fingerprint density at radius 3 is 2.52 bits per heavy atom. The highest BCUT2D eigenvalue weighted by Gasteiger charge is 2.39. The minimum absolute atomic E-state index is 0.0361. The number of fused-ring (bicyclic) bond motifs is 1. The summed E-state index contributed by atoms with van der Waals surface area (Å²) in [5.74, 6) is 0.301. The molecular formula is C22H24N2O3. The van der Waals surface area contributed by atoms with Crippen LogP contribution in [-0.2, 0) is 4.79 Å². The summed E-state index contributed by atoms with van der Waals surface area (Å²) in [7, 11) is 0. The molecule has 5 heteroatoms. The molecule has 1 amide bonds. The van der Waals surface area contributed by atoms with E-state index >= 15 is 0 Å². The van der Waals surface area contributed by atoms with Crippen LogP contribution in [0.2, 0.25) is 0 Å². The molecule has 0 bridgehead atoms. The van der Waals surface area contributed by atoms with E-state index in [1.165, 1.54) is 17.7 Å². The standard InChI is InChI=1S/C22H24N2O3/c1-15-5-11-19-16(2)14-22(3,4)23(20(19)13-15)21(25)12-8-17-6-9-18(10-7-17)24(26)27/h5-13,16H,14H2,1-4H3/b12-8+. The summed E-state index contributed by atoms with van der Waals surface area (Å²) in [6, 6.07) is 12.4. The van der Waals surface area contributed by atoms with E-state index in [-0.39, 0.29) is 17.1 Å². The van der Waals surface area contributed by atoms with Crippen molar-refractivity contribution in [3.8, 4) is 0 Å². The third kappa shape index (κ3) is 3.77. The number of nitrogens with zero attached hydrogens (tertiary/aromatic N) is 2. The van der Waals surface area contributed by atoms with Crippen molar-refractivity contribution in [1.82, 2.24) is 0 Å². The van der Waals surface area contributed by atoms with Gasteiger partial charge in [-0.05, 0) is 74.1 Å². The topological polar surface area (TPSA) is 63.5 Å². The Morgan fingerprint density at radius 2 is 1.89 bits per heavy atom. The van der Waals surface area contributed by atoms with E-state index in [0.717, 1.165) is 23.2 Å². The van der Waals surface area contributed by atoms with Crippen molar-refractivity contribution < 1.29 is 9.72 Å². The van der Waals surface area contributed by atoms with Gasteiger partial charge in [-0.2, -0.15) is 0 Å². The van der Waals surface area contributed by atoms with Gasteiger partial charge < -0.3 is 4.90 Å². The first kappa shape index (κ1) is 18.8. The number of carbonyl (C=O) groups excluding carboxylic acids is 1. The van der Waals surface area contributed by atoms with E-state index in [0.29, 0.717) is 5.92 Å². The van der Waals surface area contributed by atoms with Crippen molar-refractivity contribution >= 4 is 23.4 Å². The van der Waals surface area contributed by atoms with E-state index < -0.39 is 4.92 Å². The minimum Gasteiger partial charge on any atom is -0.303 e. The molecule has 3 rings (SSSR count). The number of amides is 1. The van der Waals surface area contributed by atoms with E-state index in [4.69, 9.17) is 0 Å². The molecule has 0 aliphatic carbocycles. The summed E-state index contributed by atoms with van der Waals surface area (Å²) in [6.45, 7) is 8.41. The largest absolute Gasteiger partial charge is 0.303 e. The molecule has 5 nitrogen and oxygen atoms in total. The molecule has 2 aromatic rings. The Morgan fingerprint density at radius 1 is 1.22 bits per heavy atom. The molecule has 0 saturated carbocycles. The Labute approximate surface area is 159 Å². The molecule has 0 radical (unpaired) electrons. The van der Waals surface area contributed by atoms with Crippen LogP contribution in [0.25, 0.3) is 6.08 Å². The fraction of sp³-hybridized carbons (Fsp3) is 0.318. The molecule has 0 spiro atoms. The van der Waals surface area contributed by atoms with Crippen molar-refractivity contribution in [3.63, 3.8) is 0 Å². The number of hydrogen-bond acceptors (Lipinski definition) is 3. The number of nitro groups is 1. The zero-order valence-electron chi connectivity index (χ0n) is 16.1. The molecule has 0 saturated heterocycles. The molecule has 2 aromatic carbocycles. The van der Waals surface area contributed by atoms with Crippen molar-refractivity contribution in [1.29, 1.82) is 0 Å². The van der Waals surface area contributed by atoms with Crippen LogP contribution >= 0.6 is 0 Å². The highest BCUT2D eigenvalue weighted by Crippen LogP contribution is 2.43. The second-order valence-corrected chi connectivity index (χ2v) is 7.84. The van der Waals surface area contributed by atoms with E-state index in [9.17, 15) is 14.9 Å². The lowest BCUT2D eigenvalue weighted by molar-refractivity contribution is -0.384. The maximum absolute atomic E-state index is 13.1. The van der Waals surface area contributed by atoms with Gasteiger partial charge in [0, 0.05) is 29.4 Å². The van der Waals surface area contributed by atoms with Gasteiger partial charge in [0.05, 0.1) is 4.92 Å². The SMILES string of the molecule is Cc1ccc2c(c1)N(C(=O)/C=C/c1ccc([N+](=O)[O-])cc1)C(C)(C)CC2C. The van der Waals surface area contributed by atoms with Crippen LogP contribution < -0.4 is 4.90 Å². The highest BCUT2D eigenvalue weighted by atomic mass is 16.6. The second kappa shape index (κ2) is 6.99. The van der Waals surface area contributed by atoms with Crippen LogP contribution in [0.4, 0.5) is 11.4 Å². The number of hydrogen-bond donors (Lipinski definition) is 0. The van der Waals surface area contributed by atoms with Gasteiger partial charge in [-0.1, -0.05) is 19.1 Å². The summed E-state index contributed by atoms with van der Waals surface area (Å²) in [5, 5.41) is 10.8. The molecule has 0 fully saturated rings. The van der Waals surface area contributed by atoms with Crippen LogP contribution in [0.1, 0.15) is 49.8 Å². The zero-order chi connectivity index (χ0) is 19.8. The van der Waals surface area contributed by atoms with Gasteiger partial charge >= 0.3 is 0 Å². The van der Waals surface area contributed by atoms with E-state index in [1.54, 1.807) is 24.3 Å². The van der Waals surface area contributed by atoms with E-state index in [2.05, 4.69) is 39.0 Å². The van der Waals surface area contributed by atoms with Crippen LogP contribution in [0, 0.1) is 17.0 Å². The van der Waals surface area contributed by atoms with Crippen LogP contribution in [0.3, 0.4) is 0 Å². The van der Waals surface area contributed by atoms with Gasteiger partial charge in [0.15, 0.2) is 0 Å². The molecular weight excluding hydrogens is 340 g/mol. The summed E-state index contributed by atoms with van der Waals surface area (Å²) < 4.78 is 0. The minimum atomic E-state index is -0.435. The van der Waals surface area contributed by atoms with Gasteiger partial charge in [-0.25, -0.2) is 0 Å². The maximum Gasteiger partial charge on any atom is 0.269 e. The molecule has 140 valence electrons. The quantitative estimate of drug-likeness (QED) is 0.425. The molecule has 0 aromatic heterocycles. The summed E-state index contributed by atoms with van der Waals surface area (Å²) >= 11 is 0. The number of benzene rings is 2. The predicted molar refractivity (Wildman–Crippen MR) is 108 cm³/mol. The molecule has 1 aliphatic heterocycles. The Kier molecular flexibility index (Phi) is 4.87. The monoisotopic (exact) mass is 364 g/mol. The normalized spacial score (nSPS) is 18.4. The Balaban J connectivity index is 1.92. The summed E-state index contributed by atoms with van der Waals surface area (Å²) in [4.78, 5) is 25.3. The lowest BCUT2D eigenvalue weighted by atomic mass is 9.79. The number of nitro benzene ring substituents is 1. The fourth-order valence-corrected chi connectivity index (χ4v) is 3.91. The van der Waals surface area contributed by atoms with Gasteiger partial charge in [-0.3, -0.25) is 14.9 Å². The fourth-order valence-electron chi connectivity index (χ4n) is 3.91. The Hall–Kier alpha value is -2.95. The molecule has 0 N–H and O–H groups in total. The van der Waals surface area contributed by atoms with Gasteiger partial charge in [0.2, 0.25) is 0 Å². The highest BCUT2D eigenvalue weighted by molar-refractivity contribution is 6.05. The van der Waals surface area contributed by atoms with Gasteiger partial charge in [0.1, 0.15) is 0 Å². The first-order valence-corrected chi connectivity index (χ1v) is 9.06. The van der Waals surface area contributed by atoms with E-state index in [1.807, 2.05) is 11.8 Å². The molecule has 1 heterocycles.